The lowest BCUT2D eigenvalue weighted by Crippen LogP contribution is -2.31. The summed E-state index contributed by atoms with van der Waals surface area (Å²) in [5.74, 6) is 1.82. The van der Waals surface area contributed by atoms with E-state index in [0.717, 1.165) is 16.9 Å². The van der Waals surface area contributed by atoms with Crippen LogP contribution in [0.1, 0.15) is 27.7 Å². The van der Waals surface area contributed by atoms with Gasteiger partial charge in [0.2, 0.25) is 0 Å². The van der Waals surface area contributed by atoms with Gasteiger partial charge < -0.3 is 20.1 Å². The van der Waals surface area contributed by atoms with Crippen LogP contribution in [0.2, 0.25) is 0 Å². The van der Waals surface area contributed by atoms with Crippen LogP contribution in [0.15, 0.2) is 35.6 Å². The predicted molar refractivity (Wildman–Crippen MR) is 127 cm³/mol. The molecule has 9 nitrogen and oxygen atoms in total. The number of fused-ring (bicyclic) bond motifs is 1. The summed E-state index contributed by atoms with van der Waals surface area (Å²) in [5, 5.41) is 12.6. The fraction of sp³-hybridized carbons (Fsp3) is 0.455. The zero-order valence-corrected chi connectivity index (χ0v) is 19.9. The van der Waals surface area contributed by atoms with Gasteiger partial charge in [0, 0.05) is 23.9 Å². The zero-order chi connectivity index (χ0) is 23.1. The zero-order valence-electron chi connectivity index (χ0n) is 19.1. The first-order chi connectivity index (χ1) is 15.4. The average Bonchev–Trinajstić information content (AvgIpc) is 3.15. The highest BCUT2D eigenvalue weighted by Gasteiger charge is 2.15. The Bertz CT molecular complexity index is 1050. The summed E-state index contributed by atoms with van der Waals surface area (Å²) in [6, 6.07) is 7.37. The number of nitrogens with zero attached hydrogens (tertiary/aromatic N) is 4. The van der Waals surface area contributed by atoms with Gasteiger partial charge in [0.1, 0.15) is 17.3 Å². The maximum absolute atomic E-state index is 12.2. The second kappa shape index (κ2) is 11.0. The fourth-order valence-corrected chi connectivity index (χ4v) is 3.64. The lowest BCUT2D eigenvalue weighted by Gasteiger charge is -2.13. The molecule has 3 rings (SSSR count). The smallest absolute Gasteiger partial charge is 0.258 e. The molecule has 0 atom stereocenters. The number of amides is 1. The number of hydrogen-bond acceptors (Lipinski definition) is 8. The van der Waals surface area contributed by atoms with Gasteiger partial charge in [-0.1, -0.05) is 31.7 Å². The molecule has 172 valence electrons. The molecule has 0 fully saturated rings. The summed E-state index contributed by atoms with van der Waals surface area (Å²) in [6.07, 6.45) is 1.76. The van der Waals surface area contributed by atoms with E-state index in [4.69, 9.17) is 14.5 Å². The van der Waals surface area contributed by atoms with Crippen molar-refractivity contribution in [3.05, 3.63) is 30.5 Å². The highest BCUT2D eigenvalue weighted by molar-refractivity contribution is 7.99. The lowest BCUT2D eigenvalue weighted by atomic mass is 10.3. The Labute approximate surface area is 192 Å². The monoisotopic (exact) mass is 458 g/mol. The minimum Gasteiger partial charge on any atom is -0.497 e. The van der Waals surface area contributed by atoms with Crippen LogP contribution in [-0.4, -0.2) is 57.2 Å². The van der Waals surface area contributed by atoms with Gasteiger partial charge >= 0.3 is 0 Å². The molecule has 0 spiro atoms. The predicted octanol–water partition coefficient (Wildman–Crippen LogP) is 3.35. The maximum Gasteiger partial charge on any atom is 0.258 e. The molecule has 2 aromatic heterocycles. The third-order valence-corrected chi connectivity index (χ3v) is 5.16. The lowest BCUT2D eigenvalue weighted by molar-refractivity contribution is -0.123. The van der Waals surface area contributed by atoms with Crippen molar-refractivity contribution in [3.8, 4) is 11.5 Å². The van der Waals surface area contributed by atoms with E-state index in [1.165, 1.54) is 0 Å². The summed E-state index contributed by atoms with van der Waals surface area (Å²) in [7, 11) is 1.59. The molecule has 0 aliphatic carbocycles. The van der Waals surface area contributed by atoms with Gasteiger partial charge in [0.15, 0.2) is 17.4 Å². The largest absolute Gasteiger partial charge is 0.497 e. The summed E-state index contributed by atoms with van der Waals surface area (Å²) in [6.45, 7) is 9.15. The SMILES string of the molecule is COc1cccc(OCC(=O)NCCn2ncc3c(NC(C)C)nc(SC(C)C)nc32)c1. The summed E-state index contributed by atoms with van der Waals surface area (Å²) in [4.78, 5) is 21.5. The van der Waals surface area contributed by atoms with E-state index in [1.807, 2.05) is 12.1 Å². The summed E-state index contributed by atoms with van der Waals surface area (Å²) < 4.78 is 12.5. The Kier molecular flexibility index (Phi) is 8.15. The Morgan fingerprint density at radius 1 is 1.19 bits per heavy atom. The topological polar surface area (TPSA) is 103 Å². The Hall–Kier alpha value is -3.01. The average molecular weight is 459 g/mol. The van der Waals surface area contributed by atoms with Crippen molar-refractivity contribution in [2.24, 2.45) is 0 Å². The number of benzene rings is 1. The molecule has 0 aliphatic heterocycles. The minimum atomic E-state index is -0.211. The Morgan fingerprint density at radius 3 is 2.69 bits per heavy atom. The number of anilines is 1. The van der Waals surface area contributed by atoms with Crippen molar-refractivity contribution in [3.63, 3.8) is 0 Å². The van der Waals surface area contributed by atoms with Crippen molar-refractivity contribution < 1.29 is 14.3 Å². The van der Waals surface area contributed by atoms with Crippen LogP contribution in [0, 0.1) is 0 Å². The molecule has 1 aromatic carbocycles. The molecule has 2 heterocycles. The van der Waals surface area contributed by atoms with Crippen molar-refractivity contribution in [1.29, 1.82) is 0 Å². The molecule has 0 unspecified atom stereocenters. The van der Waals surface area contributed by atoms with Crippen LogP contribution in [-0.2, 0) is 11.3 Å². The molecule has 0 saturated heterocycles. The third kappa shape index (κ3) is 6.49. The number of methoxy groups -OCH3 is 1. The molecule has 0 radical (unpaired) electrons. The van der Waals surface area contributed by atoms with E-state index < -0.39 is 0 Å². The fourth-order valence-electron chi connectivity index (χ4n) is 2.94. The van der Waals surface area contributed by atoms with Crippen LogP contribution >= 0.6 is 11.8 Å². The van der Waals surface area contributed by atoms with E-state index in [9.17, 15) is 4.79 Å². The molecule has 0 saturated carbocycles. The molecule has 3 aromatic rings. The molecular weight excluding hydrogens is 428 g/mol. The third-order valence-electron chi connectivity index (χ3n) is 4.30. The standard InChI is InChI=1S/C22H30N6O3S/c1-14(2)25-20-18-12-24-28(21(18)27-22(26-20)32-15(3)4)10-9-23-19(29)13-31-17-8-6-7-16(11-17)30-5/h6-8,11-12,14-15H,9-10,13H2,1-5H3,(H,23,29)(H,25,26,27). The number of nitrogens with one attached hydrogen (secondary N) is 2. The van der Waals surface area contributed by atoms with Gasteiger partial charge in [-0.2, -0.15) is 5.10 Å². The molecule has 1 amide bonds. The molecule has 2 N–H and O–H groups in total. The minimum absolute atomic E-state index is 0.0766. The van der Waals surface area contributed by atoms with Gasteiger partial charge in [-0.05, 0) is 26.0 Å². The van der Waals surface area contributed by atoms with Crippen molar-refractivity contribution in [2.45, 2.75) is 50.7 Å². The van der Waals surface area contributed by atoms with Gasteiger partial charge in [0.25, 0.3) is 5.91 Å². The number of hydrogen-bond donors (Lipinski definition) is 2. The number of thioether (sulfide) groups is 1. The first-order valence-corrected chi connectivity index (χ1v) is 11.4. The van der Waals surface area contributed by atoms with E-state index in [1.54, 1.807) is 41.9 Å². The van der Waals surface area contributed by atoms with Crippen molar-refractivity contribution in [2.75, 3.05) is 25.6 Å². The van der Waals surface area contributed by atoms with E-state index >= 15 is 0 Å². The Balaban J connectivity index is 1.62. The number of carbonyl (C=O) groups is 1. The summed E-state index contributed by atoms with van der Waals surface area (Å²) in [5.41, 5.74) is 0.744. The molecule has 32 heavy (non-hydrogen) atoms. The number of aromatic nitrogens is 4. The second-order valence-corrected chi connectivity index (χ2v) is 9.29. The first-order valence-electron chi connectivity index (χ1n) is 10.6. The maximum atomic E-state index is 12.2. The van der Waals surface area contributed by atoms with Crippen LogP contribution in [0.3, 0.4) is 0 Å². The molecular formula is C22H30N6O3S. The summed E-state index contributed by atoms with van der Waals surface area (Å²) >= 11 is 1.60. The number of ether oxygens (including phenoxy) is 2. The number of carbonyl (C=O) groups excluding carboxylic acids is 1. The highest BCUT2D eigenvalue weighted by Crippen LogP contribution is 2.27. The van der Waals surface area contributed by atoms with Crippen LogP contribution in [0.4, 0.5) is 5.82 Å². The van der Waals surface area contributed by atoms with Gasteiger partial charge in [-0.15, -0.1) is 0 Å². The highest BCUT2D eigenvalue weighted by atomic mass is 32.2. The molecule has 10 heteroatoms. The van der Waals surface area contributed by atoms with Crippen LogP contribution in [0.25, 0.3) is 11.0 Å². The van der Waals surface area contributed by atoms with E-state index in [0.29, 0.717) is 35.0 Å². The quantitative estimate of drug-likeness (QED) is 0.333. The van der Waals surface area contributed by atoms with Crippen molar-refractivity contribution in [1.82, 2.24) is 25.1 Å². The van der Waals surface area contributed by atoms with E-state index in [-0.39, 0.29) is 18.6 Å². The second-order valence-electron chi connectivity index (χ2n) is 7.74. The van der Waals surface area contributed by atoms with Gasteiger partial charge in [0.05, 0.1) is 25.2 Å². The van der Waals surface area contributed by atoms with Gasteiger partial charge in [-0.25, -0.2) is 14.6 Å². The molecule has 0 aliphatic rings. The molecule has 0 bridgehead atoms. The Morgan fingerprint density at radius 2 is 1.97 bits per heavy atom. The normalized spacial score (nSPS) is 11.2. The first kappa shape index (κ1) is 23.6. The van der Waals surface area contributed by atoms with Crippen molar-refractivity contribution >= 4 is 34.5 Å². The van der Waals surface area contributed by atoms with Crippen LogP contribution < -0.4 is 20.1 Å². The van der Waals surface area contributed by atoms with Gasteiger partial charge in [-0.3, -0.25) is 4.79 Å². The van der Waals surface area contributed by atoms with Crippen LogP contribution in [0.5, 0.6) is 11.5 Å². The number of rotatable bonds is 11. The van der Waals surface area contributed by atoms with E-state index in [2.05, 4.69) is 48.4 Å².